The van der Waals surface area contributed by atoms with Crippen LogP contribution in [0.1, 0.15) is 49.8 Å². The molecule has 1 aromatic rings. The SMILES string of the molecule is Cc1ccc2c(c1)C(C)(C)NC1=C2CCCC1=O. The number of rotatable bonds is 0. The molecule has 1 aliphatic heterocycles. The lowest BCUT2D eigenvalue weighted by atomic mass is 9.77. The van der Waals surface area contributed by atoms with Gasteiger partial charge in [0.15, 0.2) is 5.78 Å². The molecule has 0 unspecified atom stereocenters. The molecule has 18 heavy (non-hydrogen) atoms. The Labute approximate surface area is 108 Å². The molecular weight excluding hydrogens is 222 g/mol. The first-order chi connectivity index (χ1) is 8.49. The number of ketones is 1. The Hall–Kier alpha value is -1.57. The van der Waals surface area contributed by atoms with Crippen LogP contribution in [0.2, 0.25) is 0 Å². The van der Waals surface area contributed by atoms with Crippen LogP contribution in [0, 0.1) is 6.92 Å². The van der Waals surface area contributed by atoms with Crippen molar-refractivity contribution in [3.8, 4) is 0 Å². The van der Waals surface area contributed by atoms with Crippen molar-refractivity contribution >= 4 is 11.4 Å². The van der Waals surface area contributed by atoms with Gasteiger partial charge in [-0.05, 0) is 50.3 Å². The monoisotopic (exact) mass is 241 g/mol. The van der Waals surface area contributed by atoms with Gasteiger partial charge in [-0.25, -0.2) is 0 Å². The molecule has 0 bridgehead atoms. The van der Waals surface area contributed by atoms with Gasteiger partial charge in [0, 0.05) is 6.42 Å². The summed E-state index contributed by atoms with van der Waals surface area (Å²) in [6.45, 7) is 6.42. The van der Waals surface area contributed by atoms with Gasteiger partial charge in [0.05, 0.1) is 11.2 Å². The average Bonchev–Trinajstić information content (AvgIpc) is 2.31. The van der Waals surface area contributed by atoms with Gasteiger partial charge in [-0.2, -0.15) is 0 Å². The zero-order valence-corrected chi connectivity index (χ0v) is 11.3. The van der Waals surface area contributed by atoms with Crippen LogP contribution in [0.3, 0.4) is 0 Å². The number of hydrogen-bond donors (Lipinski definition) is 1. The second-order valence-corrected chi connectivity index (χ2v) is 5.93. The smallest absolute Gasteiger partial charge is 0.179 e. The Morgan fingerprint density at radius 2 is 2.00 bits per heavy atom. The summed E-state index contributed by atoms with van der Waals surface area (Å²) in [4.78, 5) is 12.1. The molecule has 2 nitrogen and oxygen atoms in total. The second kappa shape index (κ2) is 3.71. The Morgan fingerprint density at radius 1 is 1.22 bits per heavy atom. The number of carbonyl (C=O) groups excluding carboxylic acids is 1. The minimum atomic E-state index is -0.160. The van der Waals surface area contributed by atoms with E-state index < -0.39 is 0 Å². The summed E-state index contributed by atoms with van der Waals surface area (Å²) in [7, 11) is 0. The van der Waals surface area contributed by atoms with E-state index in [1.54, 1.807) is 0 Å². The van der Waals surface area contributed by atoms with Gasteiger partial charge in [0.1, 0.15) is 0 Å². The third-order valence-corrected chi connectivity index (χ3v) is 4.02. The number of carbonyl (C=O) groups is 1. The van der Waals surface area contributed by atoms with Crippen LogP contribution in [0.4, 0.5) is 0 Å². The number of benzene rings is 1. The predicted octanol–water partition coefficient (Wildman–Crippen LogP) is 3.30. The minimum Gasteiger partial charge on any atom is -0.373 e. The molecule has 3 rings (SSSR count). The first-order valence-corrected chi connectivity index (χ1v) is 6.65. The fourth-order valence-electron chi connectivity index (χ4n) is 3.08. The van der Waals surface area contributed by atoms with Gasteiger partial charge >= 0.3 is 0 Å². The van der Waals surface area contributed by atoms with Gasteiger partial charge in [-0.1, -0.05) is 23.8 Å². The maximum Gasteiger partial charge on any atom is 0.179 e. The largest absolute Gasteiger partial charge is 0.373 e. The van der Waals surface area contributed by atoms with Crippen LogP contribution in [-0.2, 0) is 10.3 Å². The molecule has 0 amide bonds. The summed E-state index contributed by atoms with van der Waals surface area (Å²) in [5, 5.41) is 3.46. The molecule has 1 N–H and O–H groups in total. The van der Waals surface area contributed by atoms with Crippen molar-refractivity contribution in [3.63, 3.8) is 0 Å². The van der Waals surface area contributed by atoms with E-state index in [-0.39, 0.29) is 11.3 Å². The maximum absolute atomic E-state index is 12.1. The van der Waals surface area contributed by atoms with Crippen molar-refractivity contribution in [2.24, 2.45) is 0 Å². The third-order valence-electron chi connectivity index (χ3n) is 4.02. The van der Waals surface area contributed by atoms with Crippen molar-refractivity contribution in [1.82, 2.24) is 5.32 Å². The van der Waals surface area contributed by atoms with E-state index in [2.05, 4.69) is 44.3 Å². The molecule has 0 aromatic heterocycles. The van der Waals surface area contributed by atoms with Gasteiger partial charge in [-0.3, -0.25) is 4.79 Å². The number of nitrogens with one attached hydrogen (secondary N) is 1. The summed E-state index contributed by atoms with van der Waals surface area (Å²) in [5.74, 6) is 0.274. The normalized spacial score (nSPS) is 21.2. The molecule has 1 aliphatic carbocycles. The van der Waals surface area contributed by atoms with Crippen LogP contribution in [0.25, 0.3) is 5.57 Å². The van der Waals surface area contributed by atoms with Crippen LogP contribution in [0.15, 0.2) is 23.9 Å². The molecule has 2 aliphatic rings. The maximum atomic E-state index is 12.1. The number of allylic oxidation sites excluding steroid dienone is 2. The number of Topliss-reactive ketones (excluding diaryl/α,β-unsaturated/α-hetero) is 1. The standard InChI is InChI=1S/C16H19NO/c1-10-7-8-11-12-5-4-6-14(18)15(12)17-16(2,3)13(11)9-10/h7-9,17H,4-6H2,1-3H3. The molecule has 1 heterocycles. The van der Waals surface area contributed by atoms with Crippen LogP contribution in [-0.4, -0.2) is 5.78 Å². The van der Waals surface area contributed by atoms with E-state index in [9.17, 15) is 4.79 Å². The molecule has 0 saturated heterocycles. The molecule has 0 spiro atoms. The number of aryl methyl sites for hydroxylation is 1. The van der Waals surface area contributed by atoms with Crippen LogP contribution < -0.4 is 5.32 Å². The topological polar surface area (TPSA) is 29.1 Å². The molecule has 2 heteroatoms. The molecule has 0 fully saturated rings. The fourth-order valence-corrected chi connectivity index (χ4v) is 3.08. The number of fused-ring (bicyclic) bond motifs is 2. The van der Waals surface area contributed by atoms with Gasteiger partial charge in [-0.15, -0.1) is 0 Å². The summed E-state index contributed by atoms with van der Waals surface area (Å²) < 4.78 is 0. The quantitative estimate of drug-likeness (QED) is 0.755. The Bertz CT molecular complexity index is 566. The minimum absolute atomic E-state index is 0.160. The molecule has 0 saturated carbocycles. The lowest BCUT2D eigenvalue weighted by Gasteiger charge is -2.39. The van der Waals surface area contributed by atoms with E-state index in [1.807, 2.05) is 0 Å². The van der Waals surface area contributed by atoms with E-state index in [4.69, 9.17) is 0 Å². The molecule has 0 radical (unpaired) electrons. The lowest BCUT2D eigenvalue weighted by Crippen LogP contribution is -2.43. The highest BCUT2D eigenvalue weighted by Crippen LogP contribution is 2.40. The summed E-state index contributed by atoms with van der Waals surface area (Å²) in [5.41, 5.74) is 5.79. The van der Waals surface area contributed by atoms with E-state index in [0.717, 1.165) is 18.5 Å². The number of hydrogen-bond acceptors (Lipinski definition) is 2. The van der Waals surface area contributed by atoms with E-state index >= 15 is 0 Å². The second-order valence-electron chi connectivity index (χ2n) is 5.93. The van der Waals surface area contributed by atoms with Crippen LogP contribution >= 0.6 is 0 Å². The zero-order chi connectivity index (χ0) is 12.9. The summed E-state index contributed by atoms with van der Waals surface area (Å²) in [6, 6.07) is 6.57. The van der Waals surface area contributed by atoms with Crippen molar-refractivity contribution in [2.75, 3.05) is 0 Å². The first-order valence-electron chi connectivity index (χ1n) is 6.65. The van der Waals surface area contributed by atoms with E-state index in [1.165, 1.54) is 22.3 Å². The Balaban J connectivity index is 2.26. The molecule has 94 valence electrons. The van der Waals surface area contributed by atoms with E-state index in [0.29, 0.717) is 6.42 Å². The zero-order valence-electron chi connectivity index (χ0n) is 11.3. The summed E-state index contributed by atoms with van der Waals surface area (Å²) in [6.07, 6.45) is 2.68. The van der Waals surface area contributed by atoms with Crippen LogP contribution in [0.5, 0.6) is 0 Å². The van der Waals surface area contributed by atoms with Crippen molar-refractivity contribution in [1.29, 1.82) is 0 Å². The molecule has 0 atom stereocenters. The van der Waals surface area contributed by atoms with Gasteiger partial charge < -0.3 is 5.32 Å². The van der Waals surface area contributed by atoms with Gasteiger partial charge in [0.2, 0.25) is 0 Å². The highest BCUT2D eigenvalue weighted by molar-refractivity contribution is 6.04. The average molecular weight is 241 g/mol. The Kier molecular flexibility index (Phi) is 2.37. The highest BCUT2D eigenvalue weighted by Gasteiger charge is 2.35. The molecular formula is C16H19NO. The van der Waals surface area contributed by atoms with Crippen molar-refractivity contribution in [3.05, 3.63) is 40.6 Å². The first kappa shape index (κ1) is 11.5. The third kappa shape index (κ3) is 1.59. The van der Waals surface area contributed by atoms with Crippen molar-refractivity contribution in [2.45, 2.75) is 45.6 Å². The summed E-state index contributed by atoms with van der Waals surface area (Å²) >= 11 is 0. The lowest BCUT2D eigenvalue weighted by molar-refractivity contribution is -0.116. The Morgan fingerprint density at radius 3 is 2.78 bits per heavy atom. The predicted molar refractivity (Wildman–Crippen MR) is 73.1 cm³/mol. The highest BCUT2D eigenvalue weighted by atomic mass is 16.1. The van der Waals surface area contributed by atoms with Gasteiger partial charge in [0.25, 0.3) is 0 Å². The van der Waals surface area contributed by atoms with Crippen molar-refractivity contribution < 1.29 is 4.79 Å². The molecule has 1 aromatic carbocycles. The fraction of sp³-hybridized carbons (Fsp3) is 0.438.